The molecular formula is C12H22N4O. The normalized spacial score (nSPS) is 24.5. The first-order valence-electron chi connectivity index (χ1n) is 6.48. The monoisotopic (exact) mass is 238 g/mol. The number of rotatable bonds is 4. The second kappa shape index (κ2) is 5.14. The van der Waals surface area contributed by atoms with Gasteiger partial charge in [-0.15, -0.1) is 5.10 Å². The van der Waals surface area contributed by atoms with Crippen LogP contribution < -0.4 is 5.32 Å². The van der Waals surface area contributed by atoms with E-state index in [1.807, 2.05) is 11.6 Å². The standard InChI is InChI=1S/C12H22N4O/c1-3-7-16-11(9-14-15-16)12(2,17)10-5-4-6-13-8-10/h9-10,13,17H,3-8H2,1-2H3. The number of piperidine rings is 1. The fraction of sp³-hybridized carbons (Fsp3) is 0.833. The van der Waals surface area contributed by atoms with Gasteiger partial charge >= 0.3 is 0 Å². The van der Waals surface area contributed by atoms with Gasteiger partial charge in [0, 0.05) is 19.0 Å². The number of nitrogens with zero attached hydrogens (tertiary/aromatic N) is 3. The highest BCUT2D eigenvalue weighted by molar-refractivity contribution is 5.09. The predicted molar refractivity (Wildman–Crippen MR) is 65.5 cm³/mol. The fourth-order valence-corrected chi connectivity index (χ4v) is 2.57. The van der Waals surface area contributed by atoms with Gasteiger partial charge in [-0.25, -0.2) is 4.68 Å². The van der Waals surface area contributed by atoms with Gasteiger partial charge in [-0.2, -0.15) is 0 Å². The Morgan fingerprint density at radius 2 is 2.47 bits per heavy atom. The minimum Gasteiger partial charge on any atom is -0.383 e. The summed E-state index contributed by atoms with van der Waals surface area (Å²) >= 11 is 0. The molecule has 2 unspecified atom stereocenters. The van der Waals surface area contributed by atoms with Crippen molar-refractivity contribution in [1.82, 2.24) is 20.3 Å². The highest BCUT2D eigenvalue weighted by Gasteiger charge is 2.37. The third-order valence-electron chi connectivity index (χ3n) is 3.66. The molecule has 96 valence electrons. The van der Waals surface area contributed by atoms with Crippen molar-refractivity contribution in [2.45, 2.75) is 45.3 Å². The van der Waals surface area contributed by atoms with Crippen LogP contribution in [-0.2, 0) is 12.1 Å². The summed E-state index contributed by atoms with van der Waals surface area (Å²) < 4.78 is 1.83. The zero-order valence-electron chi connectivity index (χ0n) is 10.7. The van der Waals surface area contributed by atoms with Gasteiger partial charge in [0.05, 0.1) is 11.9 Å². The largest absolute Gasteiger partial charge is 0.383 e. The first kappa shape index (κ1) is 12.5. The van der Waals surface area contributed by atoms with E-state index >= 15 is 0 Å². The van der Waals surface area contributed by atoms with Gasteiger partial charge in [0.15, 0.2) is 0 Å². The summed E-state index contributed by atoms with van der Waals surface area (Å²) in [5.41, 5.74) is -0.000394. The van der Waals surface area contributed by atoms with Gasteiger partial charge in [-0.1, -0.05) is 12.1 Å². The molecule has 0 saturated carbocycles. The molecule has 1 aliphatic rings. The van der Waals surface area contributed by atoms with Crippen molar-refractivity contribution >= 4 is 0 Å². The molecule has 0 aromatic carbocycles. The Bertz CT molecular complexity index is 355. The Morgan fingerprint density at radius 1 is 1.65 bits per heavy atom. The third kappa shape index (κ3) is 2.50. The van der Waals surface area contributed by atoms with E-state index < -0.39 is 5.60 Å². The molecule has 2 heterocycles. The minimum atomic E-state index is -0.841. The average Bonchev–Trinajstić information content (AvgIpc) is 2.80. The SMILES string of the molecule is CCCn1nncc1C(C)(O)C1CCCNC1. The molecule has 2 N–H and O–H groups in total. The van der Waals surface area contributed by atoms with Crippen LogP contribution in [0.15, 0.2) is 6.20 Å². The van der Waals surface area contributed by atoms with Gasteiger partial charge in [0.25, 0.3) is 0 Å². The van der Waals surface area contributed by atoms with Gasteiger partial charge in [-0.05, 0) is 32.7 Å². The maximum atomic E-state index is 10.8. The molecule has 5 heteroatoms. The van der Waals surface area contributed by atoms with E-state index in [-0.39, 0.29) is 5.92 Å². The number of aromatic nitrogens is 3. The molecule has 0 bridgehead atoms. The van der Waals surface area contributed by atoms with Crippen molar-refractivity contribution in [3.63, 3.8) is 0 Å². The average molecular weight is 238 g/mol. The maximum Gasteiger partial charge on any atom is 0.109 e. The molecule has 0 radical (unpaired) electrons. The molecule has 0 spiro atoms. The minimum absolute atomic E-state index is 0.241. The molecule has 1 aromatic rings. The summed E-state index contributed by atoms with van der Waals surface area (Å²) in [6.45, 7) is 6.72. The molecule has 1 aliphatic heterocycles. The van der Waals surface area contributed by atoms with Crippen LogP contribution in [0.3, 0.4) is 0 Å². The van der Waals surface area contributed by atoms with Crippen molar-refractivity contribution in [1.29, 1.82) is 0 Å². The molecular weight excluding hydrogens is 216 g/mol. The highest BCUT2D eigenvalue weighted by atomic mass is 16.3. The Hall–Kier alpha value is -0.940. The number of hydrogen-bond acceptors (Lipinski definition) is 4. The summed E-state index contributed by atoms with van der Waals surface area (Å²) in [5.74, 6) is 0.241. The van der Waals surface area contributed by atoms with E-state index in [0.717, 1.165) is 44.6 Å². The fourth-order valence-electron chi connectivity index (χ4n) is 2.57. The Morgan fingerprint density at radius 3 is 3.12 bits per heavy atom. The van der Waals surface area contributed by atoms with Crippen molar-refractivity contribution in [2.24, 2.45) is 5.92 Å². The van der Waals surface area contributed by atoms with Crippen LogP contribution in [0.5, 0.6) is 0 Å². The van der Waals surface area contributed by atoms with Gasteiger partial charge in [-0.3, -0.25) is 0 Å². The lowest BCUT2D eigenvalue weighted by Crippen LogP contribution is -2.43. The number of aryl methyl sites for hydroxylation is 1. The van der Waals surface area contributed by atoms with Crippen LogP contribution in [0.4, 0.5) is 0 Å². The number of nitrogens with one attached hydrogen (secondary N) is 1. The lowest BCUT2D eigenvalue weighted by molar-refractivity contribution is -0.0233. The summed E-state index contributed by atoms with van der Waals surface area (Å²) in [4.78, 5) is 0. The van der Waals surface area contributed by atoms with Gasteiger partial charge in [0.2, 0.25) is 0 Å². The zero-order chi connectivity index (χ0) is 12.3. The second-order valence-electron chi connectivity index (χ2n) is 5.03. The summed E-state index contributed by atoms with van der Waals surface area (Å²) in [7, 11) is 0. The Kier molecular flexibility index (Phi) is 3.79. The van der Waals surface area contributed by atoms with Crippen LogP contribution in [0.2, 0.25) is 0 Å². The topological polar surface area (TPSA) is 63.0 Å². The molecule has 2 rings (SSSR count). The molecule has 0 aliphatic carbocycles. The summed E-state index contributed by atoms with van der Waals surface area (Å²) in [6.07, 6.45) is 4.87. The van der Waals surface area contributed by atoms with Crippen LogP contribution in [0.25, 0.3) is 0 Å². The molecule has 17 heavy (non-hydrogen) atoms. The highest BCUT2D eigenvalue weighted by Crippen LogP contribution is 2.32. The molecule has 1 aromatic heterocycles. The van der Waals surface area contributed by atoms with E-state index in [2.05, 4.69) is 22.6 Å². The molecule has 1 saturated heterocycles. The summed E-state index contributed by atoms with van der Waals surface area (Å²) in [5, 5.41) is 22.1. The van der Waals surface area contributed by atoms with Crippen molar-refractivity contribution in [2.75, 3.05) is 13.1 Å². The van der Waals surface area contributed by atoms with Crippen LogP contribution in [-0.4, -0.2) is 33.2 Å². The first-order chi connectivity index (χ1) is 8.16. The van der Waals surface area contributed by atoms with Gasteiger partial charge in [0.1, 0.15) is 5.60 Å². The van der Waals surface area contributed by atoms with E-state index in [4.69, 9.17) is 0 Å². The second-order valence-corrected chi connectivity index (χ2v) is 5.03. The van der Waals surface area contributed by atoms with Crippen LogP contribution >= 0.6 is 0 Å². The Balaban J connectivity index is 2.20. The van der Waals surface area contributed by atoms with Gasteiger partial charge < -0.3 is 10.4 Å². The van der Waals surface area contributed by atoms with E-state index in [9.17, 15) is 5.11 Å². The van der Waals surface area contributed by atoms with Crippen molar-refractivity contribution in [3.05, 3.63) is 11.9 Å². The van der Waals surface area contributed by atoms with Crippen LogP contribution in [0.1, 0.15) is 38.8 Å². The number of aliphatic hydroxyl groups is 1. The van der Waals surface area contributed by atoms with Crippen LogP contribution in [0, 0.1) is 5.92 Å². The van der Waals surface area contributed by atoms with Crippen molar-refractivity contribution < 1.29 is 5.11 Å². The quantitative estimate of drug-likeness (QED) is 0.818. The lowest BCUT2D eigenvalue weighted by Gasteiger charge is -2.35. The first-order valence-corrected chi connectivity index (χ1v) is 6.48. The number of hydrogen-bond donors (Lipinski definition) is 2. The molecule has 5 nitrogen and oxygen atoms in total. The van der Waals surface area contributed by atoms with E-state index in [1.165, 1.54) is 0 Å². The van der Waals surface area contributed by atoms with Crippen molar-refractivity contribution in [3.8, 4) is 0 Å². The van der Waals surface area contributed by atoms with E-state index in [1.54, 1.807) is 6.20 Å². The lowest BCUT2D eigenvalue weighted by atomic mass is 9.81. The molecule has 0 amide bonds. The Labute approximate surface area is 102 Å². The van der Waals surface area contributed by atoms with E-state index in [0.29, 0.717) is 0 Å². The third-order valence-corrected chi connectivity index (χ3v) is 3.66. The molecule has 2 atom stereocenters. The predicted octanol–water partition coefficient (Wildman–Crippen LogP) is 0.895. The smallest absolute Gasteiger partial charge is 0.109 e. The molecule has 1 fully saturated rings. The summed E-state index contributed by atoms with van der Waals surface area (Å²) in [6, 6.07) is 0. The zero-order valence-corrected chi connectivity index (χ0v) is 10.7. The maximum absolute atomic E-state index is 10.8.